The van der Waals surface area contributed by atoms with E-state index in [1.54, 1.807) is 7.11 Å². The number of nitrogens with one attached hydrogen (secondary N) is 2. The van der Waals surface area contributed by atoms with Crippen LogP contribution in [0, 0.1) is 0 Å². The molecule has 1 fully saturated rings. The third-order valence-electron chi connectivity index (χ3n) is 5.90. The summed E-state index contributed by atoms with van der Waals surface area (Å²) in [6.45, 7) is 7.53. The molecule has 0 radical (unpaired) electrons. The summed E-state index contributed by atoms with van der Waals surface area (Å²) in [5.41, 5.74) is 3.82. The van der Waals surface area contributed by atoms with Crippen LogP contribution in [-0.4, -0.2) is 63.1 Å². The molecule has 33 heavy (non-hydrogen) atoms. The molecule has 1 atom stereocenters. The van der Waals surface area contributed by atoms with Crippen molar-refractivity contribution in [2.75, 3.05) is 47.4 Å². The monoisotopic (exact) mass is 565 g/mol. The Morgan fingerprint density at radius 2 is 1.70 bits per heavy atom. The molecule has 0 amide bonds. The lowest BCUT2D eigenvalue weighted by Gasteiger charge is -2.30. The summed E-state index contributed by atoms with van der Waals surface area (Å²) in [5, 5.41) is 7.03. The smallest absolute Gasteiger partial charge is 0.191 e. The number of hydrogen-bond acceptors (Lipinski definition) is 4. The van der Waals surface area contributed by atoms with Gasteiger partial charge >= 0.3 is 0 Å². The van der Waals surface area contributed by atoms with E-state index < -0.39 is 0 Å². The number of halogens is 1. The number of hydrogen-bond donors (Lipinski definition) is 2. The number of guanidine groups is 1. The number of likely N-dealkylation sites (tertiary alicyclic amines) is 1. The van der Waals surface area contributed by atoms with Crippen LogP contribution in [0.4, 0.5) is 0 Å². The Morgan fingerprint density at radius 1 is 1.03 bits per heavy atom. The fraction of sp³-hybridized carbons (Fsp3) is 0.500. The Labute approximate surface area is 216 Å². The first-order valence-electron chi connectivity index (χ1n) is 11.7. The van der Waals surface area contributed by atoms with Gasteiger partial charge in [0.15, 0.2) is 5.96 Å². The first-order valence-corrected chi connectivity index (χ1v) is 11.7. The molecule has 1 aliphatic heterocycles. The zero-order valence-electron chi connectivity index (χ0n) is 20.5. The van der Waals surface area contributed by atoms with E-state index in [1.165, 1.54) is 29.5 Å². The summed E-state index contributed by atoms with van der Waals surface area (Å²) in [6, 6.07) is 17.2. The van der Waals surface area contributed by atoms with Crippen LogP contribution in [0.25, 0.3) is 0 Å². The number of aliphatic imine (C=N–C) groups is 1. The average Bonchev–Trinajstić information content (AvgIpc) is 3.33. The van der Waals surface area contributed by atoms with Crippen molar-refractivity contribution in [1.29, 1.82) is 0 Å². The second kappa shape index (κ2) is 14.4. The van der Waals surface area contributed by atoms with Gasteiger partial charge < -0.3 is 20.3 Å². The molecule has 6 nitrogen and oxygen atoms in total. The third-order valence-corrected chi connectivity index (χ3v) is 5.90. The lowest BCUT2D eigenvalue weighted by molar-refractivity contribution is 0.239. The van der Waals surface area contributed by atoms with Crippen LogP contribution in [0.3, 0.4) is 0 Å². The fourth-order valence-electron chi connectivity index (χ4n) is 4.34. The van der Waals surface area contributed by atoms with Crippen LogP contribution in [0.5, 0.6) is 5.75 Å². The minimum absolute atomic E-state index is 0. The molecule has 7 heteroatoms. The maximum atomic E-state index is 5.69. The molecule has 3 rings (SSSR count). The summed E-state index contributed by atoms with van der Waals surface area (Å²) in [6.07, 6.45) is 2.50. The van der Waals surface area contributed by atoms with Crippen LogP contribution in [0.15, 0.2) is 53.5 Å². The number of nitrogens with zero attached hydrogens (tertiary/aromatic N) is 3. The number of benzene rings is 2. The fourth-order valence-corrected chi connectivity index (χ4v) is 4.34. The molecule has 2 aromatic rings. The van der Waals surface area contributed by atoms with E-state index >= 15 is 0 Å². The van der Waals surface area contributed by atoms with Gasteiger partial charge in [0.2, 0.25) is 0 Å². The lowest BCUT2D eigenvalue weighted by atomic mass is 10.0. The predicted octanol–water partition coefficient (Wildman–Crippen LogP) is 4.27. The number of methoxy groups -OCH3 is 1. The Hall–Kier alpha value is -1.84. The molecule has 2 N–H and O–H groups in total. The summed E-state index contributed by atoms with van der Waals surface area (Å²) >= 11 is 0. The molecular formula is C26H40IN5O. The molecule has 1 heterocycles. The quantitative estimate of drug-likeness (QED) is 0.256. The molecular weight excluding hydrogens is 525 g/mol. The van der Waals surface area contributed by atoms with Crippen molar-refractivity contribution in [3.05, 3.63) is 65.2 Å². The minimum atomic E-state index is 0. The Kier molecular flexibility index (Phi) is 12.0. The third kappa shape index (κ3) is 8.15. The van der Waals surface area contributed by atoms with Gasteiger partial charge in [-0.2, -0.15) is 0 Å². The zero-order valence-corrected chi connectivity index (χ0v) is 22.8. The maximum Gasteiger partial charge on any atom is 0.191 e. The van der Waals surface area contributed by atoms with Gasteiger partial charge in [-0.1, -0.05) is 42.5 Å². The van der Waals surface area contributed by atoms with Crippen LogP contribution >= 0.6 is 24.0 Å². The second-order valence-electron chi connectivity index (χ2n) is 8.58. The molecule has 1 aliphatic rings. The highest BCUT2D eigenvalue weighted by atomic mass is 127. The van der Waals surface area contributed by atoms with Gasteiger partial charge in [-0.25, -0.2) is 4.99 Å². The second-order valence-corrected chi connectivity index (χ2v) is 8.58. The van der Waals surface area contributed by atoms with Crippen LogP contribution in [0.2, 0.25) is 0 Å². The van der Waals surface area contributed by atoms with E-state index in [0.29, 0.717) is 6.54 Å². The van der Waals surface area contributed by atoms with Crippen molar-refractivity contribution in [3.8, 4) is 5.75 Å². The van der Waals surface area contributed by atoms with Crippen molar-refractivity contribution < 1.29 is 4.74 Å². The van der Waals surface area contributed by atoms with Gasteiger partial charge in [0.1, 0.15) is 5.75 Å². The van der Waals surface area contributed by atoms with Crippen molar-refractivity contribution in [2.45, 2.75) is 38.9 Å². The van der Waals surface area contributed by atoms with Gasteiger partial charge in [0.25, 0.3) is 0 Å². The van der Waals surface area contributed by atoms with Gasteiger partial charge in [-0.15, -0.1) is 24.0 Å². The van der Waals surface area contributed by atoms with Crippen molar-refractivity contribution in [2.24, 2.45) is 4.99 Å². The van der Waals surface area contributed by atoms with Crippen molar-refractivity contribution >= 4 is 29.9 Å². The van der Waals surface area contributed by atoms with E-state index in [4.69, 9.17) is 9.73 Å². The van der Waals surface area contributed by atoms with Crippen LogP contribution < -0.4 is 15.4 Å². The van der Waals surface area contributed by atoms with Gasteiger partial charge in [-0.05, 0) is 64.1 Å². The van der Waals surface area contributed by atoms with Crippen LogP contribution in [0.1, 0.15) is 42.5 Å². The van der Waals surface area contributed by atoms with Gasteiger partial charge in [-0.3, -0.25) is 4.90 Å². The first kappa shape index (κ1) is 27.4. The molecule has 1 saturated heterocycles. The SMILES string of the molecule is CCNC(=NCc1ccccc1CN(C)C)NCC(c1ccccc1OC)N1CCCC1.I. The van der Waals surface area contributed by atoms with E-state index in [2.05, 4.69) is 83.9 Å². The van der Waals surface area contributed by atoms with Crippen molar-refractivity contribution in [1.82, 2.24) is 20.4 Å². The summed E-state index contributed by atoms with van der Waals surface area (Å²) in [7, 11) is 5.95. The highest BCUT2D eigenvalue weighted by Crippen LogP contribution is 2.31. The average molecular weight is 566 g/mol. The highest BCUT2D eigenvalue weighted by molar-refractivity contribution is 14.0. The standard InChI is InChI=1S/C26H39N5O.HI/c1-5-27-26(28-18-21-12-6-7-13-22(21)20-30(2)3)29-19-24(31-16-10-11-17-31)23-14-8-9-15-25(23)32-4;/h6-9,12-15,24H,5,10-11,16-20H2,1-4H3,(H2,27,28,29);1H. The summed E-state index contributed by atoms with van der Waals surface area (Å²) in [5.74, 6) is 1.80. The molecule has 0 aromatic heterocycles. The Morgan fingerprint density at radius 3 is 2.36 bits per heavy atom. The largest absolute Gasteiger partial charge is 0.496 e. The van der Waals surface area contributed by atoms with E-state index in [9.17, 15) is 0 Å². The molecule has 0 spiro atoms. The topological polar surface area (TPSA) is 52.1 Å². The Bertz CT molecular complexity index is 867. The molecule has 0 bridgehead atoms. The zero-order chi connectivity index (χ0) is 22.8. The number of ether oxygens (including phenoxy) is 1. The molecule has 0 saturated carbocycles. The molecule has 0 aliphatic carbocycles. The van der Waals surface area contributed by atoms with Crippen LogP contribution in [-0.2, 0) is 13.1 Å². The van der Waals surface area contributed by atoms with Crippen molar-refractivity contribution in [3.63, 3.8) is 0 Å². The molecule has 2 aromatic carbocycles. The minimum Gasteiger partial charge on any atom is -0.496 e. The lowest BCUT2D eigenvalue weighted by Crippen LogP contribution is -2.42. The molecule has 1 unspecified atom stereocenters. The first-order chi connectivity index (χ1) is 15.6. The number of para-hydroxylation sites is 1. The highest BCUT2D eigenvalue weighted by Gasteiger charge is 2.26. The van der Waals surface area contributed by atoms with E-state index in [1.807, 2.05) is 6.07 Å². The predicted molar refractivity (Wildman–Crippen MR) is 149 cm³/mol. The van der Waals surface area contributed by atoms with E-state index in [0.717, 1.165) is 44.4 Å². The molecule has 182 valence electrons. The van der Waals surface area contributed by atoms with Gasteiger partial charge in [0.05, 0.1) is 19.7 Å². The Balaban J connectivity index is 0.00000385. The normalized spacial score (nSPS) is 15.2. The van der Waals surface area contributed by atoms with E-state index in [-0.39, 0.29) is 30.0 Å². The number of rotatable bonds is 10. The summed E-state index contributed by atoms with van der Waals surface area (Å²) in [4.78, 5) is 9.66. The maximum absolute atomic E-state index is 5.69. The van der Waals surface area contributed by atoms with Gasteiger partial charge in [0, 0.05) is 25.2 Å². The summed E-state index contributed by atoms with van der Waals surface area (Å²) < 4.78 is 5.69.